The van der Waals surface area contributed by atoms with Crippen LogP contribution in [0.25, 0.3) is 0 Å². The van der Waals surface area contributed by atoms with E-state index in [4.69, 9.17) is 0 Å². The Morgan fingerprint density at radius 2 is 2.00 bits per heavy atom. The first-order valence-corrected chi connectivity index (χ1v) is 8.21. The van der Waals surface area contributed by atoms with Crippen LogP contribution in [0, 0.1) is 0 Å². The third-order valence-corrected chi connectivity index (χ3v) is 5.02. The molecule has 0 radical (unpaired) electrons. The highest BCUT2D eigenvalue weighted by molar-refractivity contribution is 9.11. The van der Waals surface area contributed by atoms with Gasteiger partial charge < -0.3 is 0 Å². The van der Waals surface area contributed by atoms with Gasteiger partial charge in [-0.2, -0.15) is 11.3 Å². The van der Waals surface area contributed by atoms with Crippen LogP contribution in [0.5, 0.6) is 0 Å². The van der Waals surface area contributed by atoms with Crippen LogP contribution in [0.1, 0.15) is 16.0 Å². The van der Waals surface area contributed by atoms with Crippen molar-refractivity contribution in [2.24, 2.45) is 0 Å². The average Bonchev–Trinajstić information content (AvgIpc) is 2.70. The van der Waals surface area contributed by atoms with Gasteiger partial charge in [0, 0.05) is 13.8 Å². The molecule has 0 saturated carbocycles. The Balaban J connectivity index is 2.17. The maximum absolute atomic E-state index is 3.74. The Kier molecular flexibility index (Phi) is 4.65. The Bertz CT molecular complexity index is 465. The zero-order chi connectivity index (χ0) is 11.5. The highest BCUT2D eigenvalue weighted by Crippen LogP contribution is 2.34. The summed E-state index contributed by atoms with van der Waals surface area (Å²) in [6, 6.07) is 8.46. The number of halogens is 3. The molecule has 1 aromatic carbocycles. The molecule has 4 heteroatoms. The predicted octanol–water partition coefficient (Wildman–Crippen LogP) is 5.95. The van der Waals surface area contributed by atoms with Crippen LogP contribution in [-0.4, -0.2) is 0 Å². The van der Waals surface area contributed by atoms with E-state index in [1.165, 1.54) is 11.1 Å². The average molecular weight is 425 g/mol. The number of benzene rings is 1. The van der Waals surface area contributed by atoms with Gasteiger partial charge in [0.05, 0.1) is 0 Å². The fourth-order valence-corrected chi connectivity index (χ4v) is 4.57. The van der Waals surface area contributed by atoms with Crippen LogP contribution in [0.3, 0.4) is 0 Å². The first kappa shape index (κ1) is 12.8. The molecule has 0 amide bonds. The normalized spacial score (nSPS) is 12.7. The van der Waals surface area contributed by atoms with Crippen LogP contribution < -0.4 is 0 Å². The van der Waals surface area contributed by atoms with Gasteiger partial charge in [-0.3, -0.25) is 0 Å². The summed E-state index contributed by atoms with van der Waals surface area (Å²) < 4.78 is 2.23. The van der Waals surface area contributed by atoms with Crippen LogP contribution in [-0.2, 0) is 6.42 Å². The third-order valence-electron chi connectivity index (χ3n) is 2.29. The Labute approximate surface area is 124 Å². The molecule has 0 aliphatic heterocycles. The molecule has 0 spiro atoms. The van der Waals surface area contributed by atoms with E-state index in [1.807, 2.05) is 0 Å². The largest absolute Gasteiger partial charge is 0.152 e. The van der Waals surface area contributed by atoms with E-state index in [9.17, 15) is 0 Å². The van der Waals surface area contributed by atoms with E-state index < -0.39 is 0 Å². The highest BCUT2D eigenvalue weighted by Gasteiger charge is 2.12. The summed E-state index contributed by atoms with van der Waals surface area (Å²) in [5.41, 5.74) is 2.66. The summed E-state index contributed by atoms with van der Waals surface area (Å²) in [5.74, 6) is 0. The molecular weight excluding hydrogens is 416 g/mol. The fourth-order valence-electron chi connectivity index (χ4n) is 1.48. The summed E-state index contributed by atoms with van der Waals surface area (Å²) in [5, 5.41) is 4.31. The standard InChI is InChI=1S/C12H9Br3S/c13-9-1-2-10(12(15)6-9)11(14)5-8-3-4-16-7-8/h1-4,6-7,11H,5H2. The Hall–Kier alpha value is 0.360. The molecule has 1 heterocycles. The van der Waals surface area contributed by atoms with Crippen molar-refractivity contribution in [1.82, 2.24) is 0 Å². The first-order valence-electron chi connectivity index (χ1n) is 4.77. The van der Waals surface area contributed by atoms with E-state index in [0.717, 1.165) is 15.4 Å². The molecular formula is C12H9Br3S. The molecule has 2 aromatic rings. The van der Waals surface area contributed by atoms with Gasteiger partial charge in [0.1, 0.15) is 0 Å². The zero-order valence-corrected chi connectivity index (χ0v) is 13.9. The van der Waals surface area contributed by atoms with Crippen LogP contribution >= 0.6 is 59.1 Å². The van der Waals surface area contributed by atoms with Crippen LogP contribution in [0.15, 0.2) is 44.0 Å². The molecule has 0 N–H and O–H groups in total. The van der Waals surface area contributed by atoms with Crippen molar-refractivity contribution in [3.8, 4) is 0 Å². The minimum atomic E-state index is 0.351. The van der Waals surface area contributed by atoms with Gasteiger partial charge in [0.2, 0.25) is 0 Å². The Morgan fingerprint density at radius 3 is 2.62 bits per heavy atom. The molecule has 0 aliphatic carbocycles. The number of hydrogen-bond donors (Lipinski definition) is 0. The number of hydrogen-bond acceptors (Lipinski definition) is 1. The van der Waals surface area contributed by atoms with E-state index in [-0.39, 0.29) is 0 Å². The van der Waals surface area contributed by atoms with Crippen molar-refractivity contribution in [1.29, 1.82) is 0 Å². The first-order chi connectivity index (χ1) is 7.66. The smallest absolute Gasteiger partial charge is 0.0447 e. The number of rotatable bonds is 3. The molecule has 1 aromatic heterocycles. The minimum absolute atomic E-state index is 0.351. The molecule has 1 atom stereocenters. The summed E-state index contributed by atoms with van der Waals surface area (Å²) in [7, 11) is 0. The maximum Gasteiger partial charge on any atom is 0.0447 e. The van der Waals surface area contributed by atoms with Crippen molar-refractivity contribution >= 4 is 59.1 Å². The van der Waals surface area contributed by atoms with E-state index >= 15 is 0 Å². The summed E-state index contributed by atoms with van der Waals surface area (Å²) in [4.78, 5) is 0.351. The molecule has 1 unspecified atom stereocenters. The van der Waals surface area contributed by atoms with Gasteiger partial charge in [-0.05, 0) is 46.5 Å². The SMILES string of the molecule is Brc1ccc(C(Br)Cc2ccsc2)c(Br)c1. The second-order valence-corrected chi connectivity index (χ2v) is 7.12. The van der Waals surface area contributed by atoms with Crippen molar-refractivity contribution in [2.45, 2.75) is 11.2 Å². The monoisotopic (exact) mass is 422 g/mol. The molecule has 16 heavy (non-hydrogen) atoms. The minimum Gasteiger partial charge on any atom is -0.152 e. The van der Waals surface area contributed by atoms with Gasteiger partial charge in [0.15, 0.2) is 0 Å². The summed E-state index contributed by atoms with van der Waals surface area (Å²) in [6.45, 7) is 0. The highest BCUT2D eigenvalue weighted by atomic mass is 79.9. The van der Waals surface area contributed by atoms with Gasteiger partial charge in [-0.15, -0.1) is 0 Å². The topological polar surface area (TPSA) is 0 Å². The van der Waals surface area contributed by atoms with Crippen molar-refractivity contribution < 1.29 is 0 Å². The maximum atomic E-state index is 3.74. The summed E-state index contributed by atoms with van der Waals surface area (Å²) >= 11 is 12.5. The fraction of sp³-hybridized carbons (Fsp3) is 0.167. The quantitative estimate of drug-likeness (QED) is 0.534. The van der Waals surface area contributed by atoms with Crippen molar-refractivity contribution in [2.75, 3.05) is 0 Å². The van der Waals surface area contributed by atoms with Crippen LogP contribution in [0.4, 0.5) is 0 Å². The molecule has 0 fully saturated rings. The second-order valence-electron chi connectivity index (χ2n) is 3.47. The number of thiophene rings is 1. The van der Waals surface area contributed by atoms with Gasteiger partial charge in [-0.25, -0.2) is 0 Å². The van der Waals surface area contributed by atoms with Crippen molar-refractivity contribution in [3.63, 3.8) is 0 Å². The van der Waals surface area contributed by atoms with Gasteiger partial charge in [-0.1, -0.05) is 53.9 Å². The van der Waals surface area contributed by atoms with E-state index in [0.29, 0.717) is 4.83 Å². The van der Waals surface area contributed by atoms with Crippen molar-refractivity contribution in [3.05, 3.63) is 55.1 Å². The lowest BCUT2D eigenvalue weighted by Crippen LogP contribution is -1.95. The number of alkyl halides is 1. The predicted molar refractivity (Wildman–Crippen MR) is 81.5 cm³/mol. The second kappa shape index (κ2) is 5.80. The Morgan fingerprint density at radius 1 is 1.19 bits per heavy atom. The molecule has 84 valence electrons. The third kappa shape index (κ3) is 3.19. The van der Waals surface area contributed by atoms with E-state index in [1.54, 1.807) is 11.3 Å². The lowest BCUT2D eigenvalue weighted by molar-refractivity contribution is 0.948. The molecule has 0 aliphatic rings. The molecule has 2 rings (SSSR count). The van der Waals surface area contributed by atoms with Gasteiger partial charge >= 0.3 is 0 Å². The molecule has 0 saturated heterocycles. The molecule has 0 nitrogen and oxygen atoms in total. The zero-order valence-electron chi connectivity index (χ0n) is 8.29. The lowest BCUT2D eigenvalue weighted by Gasteiger charge is -2.11. The van der Waals surface area contributed by atoms with Gasteiger partial charge in [0.25, 0.3) is 0 Å². The lowest BCUT2D eigenvalue weighted by atomic mass is 10.1. The van der Waals surface area contributed by atoms with E-state index in [2.05, 4.69) is 82.8 Å². The summed E-state index contributed by atoms with van der Waals surface area (Å²) in [6.07, 6.45) is 1.02. The molecule has 0 bridgehead atoms. The van der Waals surface area contributed by atoms with Crippen LogP contribution in [0.2, 0.25) is 0 Å².